The molecule has 18 aromatic rings. The van der Waals surface area contributed by atoms with Gasteiger partial charge in [-0.05, 0) is 129 Å². The summed E-state index contributed by atoms with van der Waals surface area (Å²) in [6.45, 7) is 24.7. The third-order valence-corrected chi connectivity index (χ3v) is 20.0. The Kier molecular flexibility index (Phi) is 23.7. The maximum atomic E-state index is 11.9. The van der Waals surface area contributed by atoms with Crippen molar-refractivity contribution in [1.29, 1.82) is 5.26 Å². The van der Waals surface area contributed by atoms with E-state index < -0.39 is 22.9 Å². The van der Waals surface area contributed by atoms with Crippen LogP contribution in [0.3, 0.4) is 0 Å². The zero-order valence-corrected chi connectivity index (χ0v) is 67.9. The van der Waals surface area contributed by atoms with Gasteiger partial charge in [0.1, 0.15) is 51.9 Å². The molecule has 0 bridgehead atoms. The maximum Gasteiger partial charge on any atom is 0.373 e. The first-order chi connectivity index (χ1) is 59.7. The molecule has 0 spiro atoms. The number of aromatic nitrogens is 18. The van der Waals surface area contributed by atoms with Crippen LogP contribution in [-0.4, -0.2) is 109 Å². The molecule has 3 aliphatic rings. The number of hydrogen-bond acceptors (Lipinski definition) is 21. The van der Waals surface area contributed by atoms with Crippen LogP contribution < -0.4 is 22.3 Å². The fraction of sp³-hybridized carbons (Fsp3) is 0.0753. The number of amidine groups is 2. The highest BCUT2D eigenvalue weighted by Crippen LogP contribution is 2.35. The molecule has 0 aliphatic carbocycles. The second-order valence-corrected chi connectivity index (χ2v) is 28.7. The van der Waals surface area contributed by atoms with Gasteiger partial charge in [0.15, 0.2) is 16.5 Å². The molecule has 0 unspecified atom stereocenters. The van der Waals surface area contributed by atoms with Gasteiger partial charge in [-0.25, -0.2) is 48.6 Å². The van der Waals surface area contributed by atoms with Gasteiger partial charge in [-0.15, -0.1) is 21.1 Å². The topological polar surface area (TPSA) is 333 Å². The zero-order chi connectivity index (χ0) is 85.8. The predicted molar refractivity (Wildman–Crippen MR) is 479 cm³/mol. The number of allylic oxidation sites excluding steroid dienone is 3. The van der Waals surface area contributed by atoms with Crippen molar-refractivity contribution in [1.82, 2.24) is 91.6 Å². The monoisotopic (exact) mass is 1640 g/mol. The first-order valence-electron chi connectivity index (χ1n) is 38.1. The minimum atomic E-state index is -0.861. The van der Waals surface area contributed by atoms with Crippen LogP contribution in [0.4, 0.5) is 11.9 Å². The molecule has 15 heterocycles. The average molecular weight is 1640 g/mol. The number of carbonyl (C=O) groups excluding carboxylic acids is 1. The molecule has 0 saturated heterocycles. The van der Waals surface area contributed by atoms with Gasteiger partial charge in [0.05, 0.1) is 41.7 Å². The molecule has 30 heteroatoms. The van der Waals surface area contributed by atoms with Gasteiger partial charge in [0.2, 0.25) is 17.7 Å². The highest BCUT2D eigenvalue weighted by Gasteiger charge is 2.25. The van der Waals surface area contributed by atoms with Crippen molar-refractivity contribution in [2.24, 2.45) is 9.98 Å². The summed E-state index contributed by atoms with van der Waals surface area (Å²) in [5.74, 6) is 1.97. The smallest absolute Gasteiger partial charge is 0.369 e. The quantitative estimate of drug-likeness (QED) is 0.0758. The molecule has 123 heavy (non-hydrogen) atoms. The fourth-order valence-electron chi connectivity index (χ4n) is 13.2. The second kappa shape index (κ2) is 36.1. The van der Waals surface area contributed by atoms with Gasteiger partial charge in [-0.3, -0.25) is 14.2 Å². The lowest BCUT2D eigenvalue weighted by molar-refractivity contribution is 0.0688. The van der Waals surface area contributed by atoms with E-state index in [0.29, 0.717) is 45.1 Å². The van der Waals surface area contributed by atoms with Crippen molar-refractivity contribution in [2.75, 3.05) is 5.32 Å². The van der Waals surface area contributed by atoms with Crippen molar-refractivity contribution < 1.29 is 12.4 Å². The molecule has 604 valence electrons. The van der Waals surface area contributed by atoms with Crippen molar-refractivity contribution in [3.63, 3.8) is 0 Å². The van der Waals surface area contributed by atoms with Crippen molar-refractivity contribution in [3.8, 4) is 74.6 Å². The number of thiazole rings is 1. The Hall–Kier alpha value is -17.3. The molecule has 3 aliphatic heterocycles. The lowest BCUT2D eigenvalue weighted by Crippen LogP contribution is -2.28. The zero-order valence-electron chi connectivity index (χ0n) is 67.1. The van der Waals surface area contributed by atoms with Crippen LogP contribution in [0, 0.1) is 65.1 Å². The molecule has 3 N–H and O–H groups in total. The highest BCUT2D eigenvalue weighted by atomic mass is 32.1. The summed E-state index contributed by atoms with van der Waals surface area (Å²) in [5, 5.41) is 23.0. The minimum absolute atomic E-state index is 0. The normalized spacial score (nSPS) is 12.1. The number of fused-ring (bicyclic) bond motifs is 6. The third kappa shape index (κ3) is 18.4. The van der Waals surface area contributed by atoms with E-state index in [1.165, 1.54) is 64.3 Å². The van der Waals surface area contributed by atoms with Gasteiger partial charge < -0.3 is 33.1 Å². The van der Waals surface area contributed by atoms with Crippen molar-refractivity contribution in [2.45, 2.75) is 48.5 Å². The fourth-order valence-corrected chi connectivity index (χ4v) is 14.0. The number of aryl methyl sites for hydroxylation is 5. The van der Waals surface area contributed by atoms with Crippen LogP contribution in [0.1, 0.15) is 66.4 Å². The number of pyridine rings is 2. The number of H-pyrrole nitrogens is 2. The van der Waals surface area contributed by atoms with E-state index in [-0.39, 0.29) is 26.1 Å². The number of rotatable bonds is 7. The first-order valence-corrected chi connectivity index (χ1v) is 39.0. The number of ether oxygens (including phenoxy) is 1. The van der Waals surface area contributed by atoms with Gasteiger partial charge in [0, 0.05) is 85.9 Å². The van der Waals surface area contributed by atoms with Crippen LogP contribution in [0.2, 0.25) is 0 Å². The Bertz CT molecular complexity index is 7530. The van der Waals surface area contributed by atoms with Gasteiger partial charge in [0.25, 0.3) is 11.3 Å². The van der Waals surface area contributed by atoms with Gasteiger partial charge >= 0.3 is 17.3 Å². The molecular weight excluding hydrogens is 1570 g/mol. The Morgan fingerprint density at radius 1 is 0.610 bits per heavy atom. The van der Waals surface area contributed by atoms with Crippen LogP contribution in [-0.2, 0) is 4.74 Å². The number of hydrogen-bond donors (Lipinski definition) is 3. The summed E-state index contributed by atoms with van der Waals surface area (Å²) < 4.78 is 14.5. The molecular formula is C93H76N24O5S. The summed E-state index contributed by atoms with van der Waals surface area (Å²) in [6.07, 6.45) is 29.0. The first kappa shape index (κ1) is 80.9. The molecule has 0 radical (unpaired) electrons. The summed E-state index contributed by atoms with van der Waals surface area (Å²) in [4.78, 5) is 97.8. The number of nitrogens with zero attached hydrogens (tertiary/aromatic N) is 21. The number of esters is 1. The van der Waals surface area contributed by atoms with E-state index in [9.17, 15) is 24.4 Å². The average Bonchev–Trinajstić information content (AvgIpc) is 1.51. The van der Waals surface area contributed by atoms with Crippen LogP contribution in [0.15, 0.2) is 322 Å². The van der Waals surface area contributed by atoms with Gasteiger partial charge in [-0.1, -0.05) is 188 Å². The molecule has 21 rings (SSSR count). The standard InChI is InChI=1S/C26H19N3.C17H13N5.C17H13N3.C10H6N2O3S.2C8H8N2.C7H5N7O2.2H2/c1-18-7-9-21(10-8-18)24-16-29-17-25(28-26(29)23(24)15-27)22-13-11-20(12-14-22)19-5-3-2-4-6-19;1-12-11-18-17-19-16(21-22(17)20-12)15-9-7-14(8-10-15)13-5-3-2-4-6-13;1-12-9-13(2)20-11-15(14-7-5-4-6-8-14)16(18-3)10-17(20)19-12;1-3-15-9(14)7-4-11-10-12(8(7)13)6(2)5-16-10;1-7-2-4-10-5-3-9-8(10)6-7;1-7-6-10-5-3-2-4-8(10)9-7;1-2-8-3-10-6(15)12-5-13-7(16)11-4(9-2)14(3)5;;/h2-14,16-17,28H,1H3;2-11H,1H3;4-11H,1H2,2H3;1,4-5H,2H3;2*2-6H,1H3;1H3,(H2,8,9,10,11,12,13,15,16);2*1H. The summed E-state index contributed by atoms with van der Waals surface area (Å²) in [7, 11) is 0. The molecule has 0 saturated carbocycles. The largest absolute Gasteiger partial charge is 0.373 e. The minimum Gasteiger partial charge on any atom is -0.369 e. The second-order valence-electron chi connectivity index (χ2n) is 27.9. The summed E-state index contributed by atoms with van der Waals surface area (Å²) >= 11 is 1.32. The van der Waals surface area contributed by atoms with E-state index in [2.05, 4.69) is 208 Å². The number of terminal acetylenes is 1. The number of nitrogens with one attached hydrogen (secondary N) is 3. The molecule has 12 aromatic heterocycles. The Morgan fingerprint density at radius 3 is 1.96 bits per heavy atom. The number of aliphatic imine (C=N–C) groups is 2. The molecule has 0 fully saturated rings. The van der Waals surface area contributed by atoms with Gasteiger partial charge in [-0.2, -0.15) is 35.3 Å². The molecule has 6 aromatic carbocycles. The molecule has 0 amide bonds. The Labute approximate surface area is 708 Å². The number of aromatic amines is 2. The van der Waals surface area contributed by atoms with E-state index >= 15 is 0 Å². The maximum absolute atomic E-state index is 11.9. The number of benzene rings is 6. The third-order valence-electron chi connectivity index (χ3n) is 19.1. The number of carbonyl (C=O) groups is 1. The predicted octanol–water partition coefficient (Wildman–Crippen LogP) is 16.8. The number of imidazole rings is 3. The van der Waals surface area contributed by atoms with Crippen LogP contribution in [0.25, 0.3) is 99.9 Å². The van der Waals surface area contributed by atoms with E-state index in [1.54, 1.807) is 37.7 Å². The summed E-state index contributed by atoms with van der Waals surface area (Å²) in [5.41, 5.74) is 20.7. The Balaban J connectivity index is 0.000000128. The molecule has 29 nitrogen and oxygen atoms in total. The van der Waals surface area contributed by atoms with Crippen LogP contribution in [0.5, 0.6) is 0 Å². The Morgan fingerprint density at radius 2 is 1.28 bits per heavy atom. The SMILES string of the molecule is C#COC(=O)c1cnc2scc(C)n2c1=O.CC1=Nc2nc(=O)nc3[nH]c(=O)nc(n23)N1.Cc1ccc(-c2cn3cc(-c4ccc(-c5ccccc5)cc4)[nH]c3c2C#N)cc1.Cc1ccn2ccnc2c1.Cc1cn2ccccc2n1.Cc1cnc2nc(-c3ccc(-c4ccccc4)cc3)nn2n1.[C-]#[N+]C1=CC2=NC(=C)C=C(C)N2C=C1c1ccccc1.[HH].[HH]. The van der Waals surface area contributed by atoms with Crippen molar-refractivity contribution in [3.05, 3.63) is 385 Å². The highest BCUT2D eigenvalue weighted by molar-refractivity contribution is 7.15. The van der Waals surface area contributed by atoms with E-state index in [1.807, 2.05) is 191 Å². The van der Waals surface area contributed by atoms with Crippen molar-refractivity contribution >= 4 is 79.9 Å². The van der Waals surface area contributed by atoms with E-state index in [4.69, 9.17) is 13.0 Å². The lowest BCUT2D eigenvalue weighted by atomic mass is 10.0. The number of nitriles is 1. The van der Waals surface area contributed by atoms with E-state index in [0.717, 1.165) is 78.9 Å². The van der Waals surface area contributed by atoms with Crippen LogP contribution >= 0.6 is 11.3 Å². The molecule has 0 atom stereocenters. The number of anilines is 1. The lowest BCUT2D eigenvalue weighted by Gasteiger charge is -2.29. The summed E-state index contributed by atoms with van der Waals surface area (Å²) in [6, 6.07) is 67.9.